The van der Waals surface area contributed by atoms with Crippen molar-refractivity contribution in [2.45, 2.75) is 12.8 Å². The maximum Gasteiger partial charge on any atom is 0.321 e. The predicted molar refractivity (Wildman–Crippen MR) is 82.6 cm³/mol. The van der Waals surface area contributed by atoms with E-state index < -0.39 is 6.03 Å². The van der Waals surface area contributed by atoms with E-state index in [4.69, 9.17) is 0 Å². The number of rotatable bonds is 4. The first kappa shape index (κ1) is 14.5. The van der Waals surface area contributed by atoms with Gasteiger partial charge in [0, 0.05) is 25.9 Å². The summed E-state index contributed by atoms with van der Waals surface area (Å²) in [6.07, 6.45) is 0.521. The van der Waals surface area contributed by atoms with Gasteiger partial charge in [0.15, 0.2) is 5.13 Å². The molecule has 0 saturated carbocycles. The highest BCUT2D eigenvalue weighted by Gasteiger charge is 2.28. The van der Waals surface area contributed by atoms with E-state index in [-0.39, 0.29) is 37.7 Å². The number of anilines is 1. The van der Waals surface area contributed by atoms with E-state index in [0.29, 0.717) is 5.13 Å². The third-order valence-corrected chi connectivity index (χ3v) is 4.24. The van der Waals surface area contributed by atoms with Crippen LogP contribution in [0.15, 0.2) is 24.3 Å². The molecule has 1 saturated heterocycles. The van der Waals surface area contributed by atoms with Crippen LogP contribution in [0.1, 0.15) is 12.8 Å². The minimum Gasteiger partial charge on any atom is -0.336 e. The van der Waals surface area contributed by atoms with Crippen molar-refractivity contribution in [2.75, 3.05) is 18.4 Å². The number of carbonyl (C=O) groups excluding carboxylic acids is 3. The molecule has 1 aliphatic heterocycles. The molecule has 0 radical (unpaired) electrons. The van der Waals surface area contributed by atoms with Gasteiger partial charge < -0.3 is 5.32 Å². The normalized spacial score (nSPS) is 14.6. The van der Waals surface area contributed by atoms with E-state index >= 15 is 0 Å². The molecular formula is C14H14N4O3S. The van der Waals surface area contributed by atoms with Crippen LogP contribution < -0.4 is 10.6 Å². The van der Waals surface area contributed by atoms with E-state index in [0.717, 1.165) is 10.2 Å². The zero-order valence-electron chi connectivity index (χ0n) is 11.7. The number of fused-ring (bicyclic) bond motifs is 1. The highest BCUT2D eigenvalue weighted by molar-refractivity contribution is 7.22. The lowest BCUT2D eigenvalue weighted by Crippen LogP contribution is -2.39. The highest BCUT2D eigenvalue weighted by atomic mass is 32.1. The maximum absolute atomic E-state index is 11.8. The number of nitrogens with one attached hydrogen (secondary N) is 2. The Morgan fingerprint density at radius 2 is 1.95 bits per heavy atom. The molecule has 7 nitrogen and oxygen atoms in total. The quantitative estimate of drug-likeness (QED) is 0.837. The predicted octanol–water partition coefficient (Wildman–Crippen LogP) is 1.57. The van der Waals surface area contributed by atoms with Gasteiger partial charge in [-0.2, -0.15) is 0 Å². The van der Waals surface area contributed by atoms with Crippen LogP contribution in [0.5, 0.6) is 0 Å². The molecule has 1 fully saturated rings. The third kappa shape index (κ3) is 3.06. The van der Waals surface area contributed by atoms with Crippen molar-refractivity contribution >= 4 is 44.5 Å². The van der Waals surface area contributed by atoms with Gasteiger partial charge >= 0.3 is 6.03 Å². The van der Waals surface area contributed by atoms with Gasteiger partial charge in [0.05, 0.1) is 10.2 Å². The fraction of sp³-hybridized carbons (Fsp3) is 0.286. The minimum absolute atomic E-state index is 0.182. The summed E-state index contributed by atoms with van der Waals surface area (Å²) in [5.41, 5.74) is 0.830. The monoisotopic (exact) mass is 318 g/mol. The second kappa shape index (κ2) is 6.10. The lowest BCUT2D eigenvalue weighted by molar-refractivity contribution is -0.138. The molecule has 0 unspecified atom stereocenters. The molecular weight excluding hydrogens is 304 g/mol. The van der Waals surface area contributed by atoms with Crippen LogP contribution in [0.3, 0.4) is 0 Å². The van der Waals surface area contributed by atoms with Crippen molar-refractivity contribution in [3.05, 3.63) is 24.3 Å². The Hall–Kier alpha value is -2.48. The van der Waals surface area contributed by atoms with Crippen molar-refractivity contribution in [2.24, 2.45) is 0 Å². The van der Waals surface area contributed by atoms with E-state index in [9.17, 15) is 14.4 Å². The van der Waals surface area contributed by atoms with Crippen molar-refractivity contribution in [1.29, 1.82) is 0 Å². The van der Waals surface area contributed by atoms with Crippen LogP contribution in [0.4, 0.5) is 9.93 Å². The number of nitrogens with zero attached hydrogens (tertiary/aromatic N) is 2. The summed E-state index contributed by atoms with van der Waals surface area (Å²) in [4.78, 5) is 40.1. The molecule has 4 amide bonds. The molecule has 0 spiro atoms. The summed E-state index contributed by atoms with van der Waals surface area (Å²) in [5, 5.41) is 5.77. The summed E-state index contributed by atoms with van der Waals surface area (Å²) < 4.78 is 0.992. The number of thiazole rings is 1. The van der Waals surface area contributed by atoms with Gasteiger partial charge in [-0.3, -0.25) is 19.8 Å². The first-order valence-electron chi connectivity index (χ1n) is 6.87. The van der Waals surface area contributed by atoms with Crippen LogP contribution in [0.25, 0.3) is 10.2 Å². The van der Waals surface area contributed by atoms with Crippen molar-refractivity contribution in [3.8, 4) is 0 Å². The average Bonchev–Trinajstić information content (AvgIpc) is 3.03. The number of hydrogen-bond donors (Lipinski definition) is 2. The van der Waals surface area contributed by atoms with Gasteiger partial charge in [-0.1, -0.05) is 23.5 Å². The number of imide groups is 1. The molecule has 2 aromatic rings. The van der Waals surface area contributed by atoms with E-state index in [1.165, 1.54) is 16.2 Å². The summed E-state index contributed by atoms with van der Waals surface area (Å²) in [6.45, 7) is 0.416. The van der Waals surface area contributed by atoms with Gasteiger partial charge in [-0.15, -0.1) is 0 Å². The van der Waals surface area contributed by atoms with Crippen LogP contribution >= 0.6 is 11.3 Å². The maximum atomic E-state index is 11.8. The molecule has 0 aliphatic carbocycles. The first-order valence-corrected chi connectivity index (χ1v) is 7.69. The summed E-state index contributed by atoms with van der Waals surface area (Å²) in [5.74, 6) is -0.364. The van der Waals surface area contributed by atoms with E-state index in [1.807, 2.05) is 24.3 Å². The lowest BCUT2D eigenvalue weighted by Gasteiger charge is -2.13. The van der Waals surface area contributed by atoms with Crippen molar-refractivity contribution < 1.29 is 14.4 Å². The van der Waals surface area contributed by atoms with Crippen LogP contribution in [-0.4, -0.2) is 40.8 Å². The largest absolute Gasteiger partial charge is 0.336 e. The zero-order valence-corrected chi connectivity index (χ0v) is 12.5. The van der Waals surface area contributed by atoms with Crippen molar-refractivity contribution in [3.63, 3.8) is 0 Å². The summed E-state index contributed by atoms with van der Waals surface area (Å²) in [6, 6.07) is 7.20. The SMILES string of the molecule is O=C(NCCN1C(=O)CCC1=O)Nc1nc2ccccc2s1. The Morgan fingerprint density at radius 3 is 2.68 bits per heavy atom. The lowest BCUT2D eigenvalue weighted by atomic mass is 10.3. The number of hydrogen-bond acceptors (Lipinski definition) is 5. The molecule has 22 heavy (non-hydrogen) atoms. The van der Waals surface area contributed by atoms with Crippen molar-refractivity contribution in [1.82, 2.24) is 15.2 Å². The molecule has 0 bridgehead atoms. The molecule has 1 aromatic carbocycles. The van der Waals surface area contributed by atoms with Gasteiger partial charge in [-0.25, -0.2) is 9.78 Å². The fourth-order valence-electron chi connectivity index (χ4n) is 2.22. The third-order valence-electron chi connectivity index (χ3n) is 3.29. The van der Waals surface area contributed by atoms with E-state index in [2.05, 4.69) is 15.6 Å². The molecule has 114 valence electrons. The number of urea groups is 1. The summed E-state index contributed by atoms with van der Waals surface area (Å²) >= 11 is 1.38. The Bertz CT molecular complexity index is 694. The molecule has 0 atom stereocenters. The number of aromatic nitrogens is 1. The highest BCUT2D eigenvalue weighted by Crippen LogP contribution is 2.25. The number of likely N-dealkylation sites (tertiary alicyclic amines) is 1. The Morgan fingerprint density at radius 1 is 1.23 bits per heavy atom. The second-order valence-corrected chi connectivity index (χ2v) is 5.84. The standard InChI is InChI=1S/C14H14N4O3S/c19-11-5-6-12(20)18(11)8-7-15-13(21)17-14-16-9-3-1-2-4-10(9)22-14/h1-4H,5-8H2,(H2,15,16,17,21). The minimum atomic E-state index is -0.404. The van der Waals surface area contributed by atoms with Crippen LogP contribution in [0, 0.1) is 0 Å². The van der Waals surface area contributed by atoms with Gasteiger partial charge in [0.1, 0.15) is 0 Å². The number of carbonyl (C=O) groups is 3. The Kier molecular flexibility index (Phi) is 4.01. The smallest absolute Gasteiger partial charge is 0.321 e. The van der Waals surface area contributed by atoms with Gasteiger partial charge in [0.2, 0.25) is 11.8 Å². The average molecular weight is 318 g/mol. The van der Waals surface area contributed by atoms with Gasteiger partial charge in [0.25, 0.3) is 0 Å². The molecule has 1 aliphatic rings. The second-order valence-electron chi connectivity index (χ2n) is 4.81. The molecule has 2 N–H and O–H groups in total. The number of benzene rings is 1. The molecule has 3 rings (SSSR count). The molecule has 2 heterocycles. The zero-order chi connectivity index (χ0) is 15.5. The van der Waals surface area contributed by atoms with Gasteiger partial charge in [-0.05, 0) is 12.1 Å². The number of para-hydroxylation sites is 1. The number of amides is 4. The molecule has 8 heteroatoms. The fourth-order valence-corrected chi connectivity index (χ4v) is 3.08. The first-order chi connectivity index (χ1) is 10.6. The topological polar surface area (TPSA) is 91.4 Å². The summed E-state index contributed by atoms with van der Waals surface area (Å²) in [7, 11) is 0. The van der Waals surface area contributed by atoms with E-state index in [1.54, 1.807) is 0 Å². The Balaban J connectivity index is 1.50. The van der Waals surface area contributed by atoms with Crippen LogP contribution in [0.2, 0.25) is 0 Å². The molecule has 1 aromatic heterocycles. The Labute approximate surface area is 130 Å². The van der Waals surface area contributed by atoms with Crippen LogP contribution in [-0.2, 0) is 9.59 Å².